The van der Waals surface area contributed by atoms with Crippen molar-refractivity contribution in [1.29, 1.82) is 0 Å². The van der Waals surface area contributed by atoms with Gasteiger partial charge < -0.3 is 20.9 Å². The van der Waals surface area contributed by atoms with Gasteiger partial charge in [-0.3, -0.25) is 9.20 Å². The van der Waals surface area contributed by atoms with E-state index in [1.54, 1.807) is 28.9 Å². The Labute approximate surface area is 215 Å². The van der Waals surface area contributed by atoms with Crippen LogP contribution >= 0.6 is 11.6 Å². The van der Waals surface area contributed by atoms with E-state index in [0.717, 1.165) is 16.7 Å². The molecule has 8 nitrogen and oxygen atoms in total. The number of benzene rings is 2. The summed E-state index contributed by atoms with van der Waals surface area (Å²) < 4.78 is 1.74. The number of nitrogens with one attached hydrogen (secondary N) is 3. The van der Waals surface area contributed by atoms with Crippen molar-refractivity contribution in [2.24, 2.45) is 0 Å². The third-order valence-electron chi connectivity index (χ3n) is 5.81. The first kappa shape index (κ1) is 25.2. The van der Waals surface area contributed by atoms with Gasteiger partial charge in [-0.15, -0.1) is 0 Å². The van der Waals surface area contributed by atoms with Gasteiger partial charge in [0.2, 0.25) is 0 Å². The second-order valence-electron chi connectivity index (χ2n) is 8.96. The smallest absolute Gasteiger partial charge is 0.319 e. The van der Waals surface area contributed by atoms with Gasteiger partial charge in [0.25, 0.3) is 5.91 Å². The number of pyridine rings is 1. The summed E-state index contributed by atoms with van der Waals surface area (Å²) in [6.45, 7) is 4.47. The number of anilines is 2. The minimum absolute atomic E-state index is 0.262. The second-order valence-corrected chi connectivity index (χ2v) is 9.40. The molecule has 0 aliphatic heterocycles. The number of rotatable bonds is 7. The number of halogens is 1. The summed E-state index contributed by atoms with van der Waals surface area (Å²) in [7, 11) is 3.92. The van der Waals surface area contributed by atoms with Crippen LogP contribution in [0.15, 0.2) is 67.0 Å². The summed E-state index contributed by atoms with van der Waals surface area (Å²) in [5.41, 5.74) is 5.18. The van der Waals surface area contributed by atoms with Crippen molar-refractivity contribution >= 4 is 40.6 Å². The van der Waals surface area contributed by atoms with Crippen molar-refractivity contribution < 1.29 is 9.59 Å². The summed E-state index contributed by atoms with van der Waals surface area (Å²) in [5, 5.41) is 9.40. The zero-order valence-corrected chi connectivity index (χ0v) is 21.4. The molecule has 0 saturated carbocycles. The lowest BCUT2D eigenvalue weighted by molar-refractivity contribution is 0.102. The molecule has 0 fully saturated rings. The fourth-order valence-electron chi connectivity index (χ4n) is 3.91. The number of urea groups is 1. The summed E-state index contributed by atoms with van der Waals surface area (Å²) in [6, 6.07) is 16.1. The van der Waals surface area contributed by atoms with E-state index < -0.39 is 0 Å². The minimum Gasteiger partial charge on any atom is -0.331 e. The third-order valence-corrected chi connectivity index (χ3v) is 6.05. The van der Waals surface area contributed by atoms with Crippen LogP contribution < -0.4 is 16.0 Å². The van der Waals surface area contributed by atoms with E-state index in [4.69, 9.17) is 11.6 Å². The quantitative estimate of drug-likeness (QED) is 0.310. The number of hydrogen-bond acceptors (Lipinski definition) is 4. The van der Waals surface area contributed by atoms with Crippen LogP contribution in [0.5, 0.6) is 0 Å². The molecule has 4 rings (SSSR count). The van der Waals surface area contributed by atoms with E-state index in [0.29, 0.717) is 34.3 Å². The molecule has 186 valence electrons. The Bertz CT molecular complexity index is 1410. The van der Waals surface area contributed by atoms with E-state index in [1.165, 1.54) is 0 Å². The molecule has 36 heavy (non-hydrogen) atoms. The standard InChI is InChI=1S/C27H29ClN6O2/c1-17-8-9-19(13-22(17)31-26(35)24-15-29-25-7-5-6-12-34(24)25)18(2)30-27(36)32-23-14-21(28)11-10-20(23)16-33(3)4/h5-15,18H,16H2,1-4H3,(H,31,35)(H2,30,32,36)/t18-/m0/s1. The van der Waals surface area contributed by atoms with Gasteiger partial charge in [-0.25, -0.2) is 9.78 Å². The number of hydrogen-bond donors (Lipinski definition) is 3. The molecule has 3 N–H and O–H groups in total. The van der Waals surface area contributed by atoms with E-state index in [1.807, 2.05) is 75.3 Å². The van der Waals surface area contributed by atoms with E-state index in [9.17, 15) is 9.59 Å². The van der Waals surface area contributed by atoms with E-state index in [2.05, 4.69) is 20.9 Å². The molecule has 4 aromatic rings. The SMILES string of the molecule is Cc1ccc([C@H](C)NC(=O)Nc2cc(Cl)ccc2CN(C)C)cc1NC(=O)c1cnc2ccccn12. The summed E-state index contributed by atoms with van der Waals surface area (Å²) in [5.74, 6) is -0.262. The summed E-state index contributed by atoms with van der Waals surface area (Å²) in [6.07, 6.45) is 3.35. The van der Waals surface area contributed by atoms with Crippen molar-refractivity contribution in [3.63, 3.8) is 0 Å². The average Bonchev–Trinajstić information content (AvgIpc) is 3.26. The molecular weight excluding hydrogens is 476 g/mol. The lowest BCUT2D eigenvalue weighted by Gasteiger charge is -2.19. The van der Waals surface area contributed by atoms with Crippen molar-refractivity contribution in [3.05, 3.63) is 94.4 Å². The molecule has 0 radical (unpaired) electrons. The fourth-order valence-corrected chi connectivity index (χ4v) is 4.08. The number of carbonyl (C=O) groups excluding carboxylic acids is 2. The molecule has 0 aliphatic carbocycles. The molecule has 2 aromatic carbocycles. The minimum atomic E-state index is -0.346. The zero-order chi connectivity index (χ0) is 25.8. The van der Waals surface area contributed by atoms with Crippen molar-refractivity contribution in [2.75, 3.05) is 24.7 Å². The molecule has 0 spiro atoms. The Morgan fingerprint density at radius 1 is 1.06 bits per heavy atom. The van der Waals surface area contributed by atoms with Gasteiger partial charge in [-0.2, -0.15) is 0 Å². The summed E-state index contributed by atoms with van der Waals surface area (Å²) >= 11 is 6.16. The number of imidazole rings is 1. The normalized spacial score (nSPS) is 11.9. The van der Waals surface area contributed by atoms with Gasteiger partial charge in [0, 0.05) is 29.1 Å². The molecule has 0 saturated heterocycles. The van der Waals surface area contributed by atoms with Gasteiger partial charge in [0.1, 0.15) is 11.3 Å². The van der Waals surface area contributed by atoms with E-state index >= 15 is 0 Å². The topological polar surface area (TPSA) is 90.8 Å². The molecule has 2 heterocycles. The Kier molecular flexibility index (Phi) is 7.57. The Morgan fingerprint density at radius 3 is 2.64 bits per heavy atom. The van der Waals surface area contributed by atoms with Gasteiger partial charge in [0.05, 0.1) is 12.2 Å². The molecule has 9 heteroatoms. The van der Waals surface area contributed by atoms with Crippen LogP contribution in [0, 0.1) is 6.92 Å². The Hall–Kier alpha value is -3.88. The maximum Gasteiger partial charge on any atom is 0.319 e. The number of aromatic nitrogens is 2. The molecule has 0 bridgehead atoms. The molecular formula is C27H29ClN6O2. The first-order valence-corrected chi connectivity index (χ1v) is 11.9. The molecule has 0 unspecified atom stereocenters. The predicted molar refractivity (Wildman–Crippen MR) is 144 cm³/mol. The van der Waals surface area contributed by atoms with Crippen LogP contribution in [0.2, 0.25) is 5.02 Å². The monoisotopic (exact) mass is 504 g/mol. The highest BCUT2D eigenvalue weighted by molar-refractivity contribution is 6.31. The third kappa shape index (κ3) is 5.84. The van der Waals surface area contributed by atoms with Crippen molar-refractivity contribution in [3.8, 4) is 0 Å². The van der Waals surface area contributed by atoms with Gasteiger partial charge in [-0.1, -0.05) is 35.9 Å². The molecule has 1 atom stereocenters. The van der Waals surface area contributed by atoms with Crippen molar-refractivity contribution in [1.82, 2.24) is 19.6 Å². The maximum absolute atomic E-state index is 13.0. The lowest BCUT2D eigenvalue weighted by Crippen LogP contribution is -2.31. The average molecular weight is 505 g/mol. The predicted octanol–water partition coefficient (Wildman–Crippen LogP) is 5.49. The number of fused-ring (bicyclic) bond motifs is 1. The van der Waals surface area contributed by atoms with Gasteiger partial charge >= 0.3 is 6.03 Å². The molecule has 2 aromatic heterocycles. The highest BCUT2D eigenvalue weighted by Gasteiger charge is 2.16. The largest absolute Gasteiger partial charge is 0.331 e. The summed E-state index contributed by atoms with van der Waals surface area (Å²) in [4.78, 5) is 32.1. The van der Waals surface area contributed by atoms with Crippen LogP contribution in [0.1, 0.15) is 40.1 Å². The first-order valence-electron chi connectivity index (χ1n) is 11.6. The first-order chi connectivity index (χ1) is 17.2. The van der Waals surface area contributed by atoms with Gasteiger partial charge in [0.15, 0.2) is 0 Å². The van der Waals surface area contributed by atoms with Gasteiger partial charge in [-0.05, 0) is 75.0 Å². The number of amides is 3. The lowest BCUT2D eigenvalue weighted by atomic mass is 10.0. The number of nitrogens with zero attached hydrogens (tertiary/aromatic N) is 3. The number of aryl methyl sites for hydroxylation is 1. The van der Waals surface area contributed by atoms with Crippen LogP contribution in [0.4, 0.5) is 16.2 Å². The van der Waals surface area contributed by atoms with Crippen LogP contribution in [0.3, 0.4) is 0 Å². The Morgan fingerprint density at radius 2 is 1.86 bits per heavy atom. The maximum atomic E-state index is 13.0. The number of carbonyl (C=O) groups is 2. The highest BCUT2D eigenvalue weighted by atomic mass is 35.5. The zero-order valence-electron chi connectivity index (χ0n) is 20.7. The van der Waals surface area contributed by atoms with Crippen molar-refractivity contribution in [2.45, 2.75) is 26.4 Å². The van der Waals surface area contributed by atoms with Crippen LogP contribution in [0.25, 0.3) is 5.65 Å². The molecule has 3 amide bonds. The van der Waals surface area contributed by atoms with E-state index in [-0.39, 0.29) is 18.0 Å². The highest BCUT2D eigenvalue weighted by Crippen LogP contribution is 2.24. The molecule has 0 aliphatic rings. The Balaban J connectivity index is 1.46. The second kappa shape index (κ2) is 10.8. The fraction of sp³-hybridized carbons (Fsp3) is 0.222. The van der Waals surface area contributed by atoms with Crippen LogP contribution in [-0.2, 0) is 6.54 Å². The van der Waals surface area contributed by atoms with Crippen LogP contribution in [-0.4, -0.2) is 40.3 Å².